The number of amides is 1. The van der Waals surface area contributed by atoms with Crippen LogP contribution in [0.2, 0.25) is 0 Å². The van der Waals surface area contributed by atoms with E-state index >= 15 is 0 Å². The Bertz CT molecular complexity index is 927. The summed E-state index contributed by atoms with van der Waals surface area (Å²) in [7, 11) is -3.77. The fourth-order valence-electron chi connectivity index (χ4n) is 2.60. The summed E-state index contributed by atoms with van der Waals surface area (Å²) in [5.74, 6) is 0.879. The summed E-state index contributed by atoms with van der Waals surface area (Å²) in [4.78, 5) is 12.4. The molecule has 2 aromatic carbocycles. The zero-order chi connectivity index (χ0) is 18.7. The molecule has 0 saturated heterocycles. The number of carbonyl (C=O) groups excluding carboxylic acids is 1. The van der Waals surface area contributed by atoms with Crippen molar-refractivity contribution in [1.82, 2.24) is 10.0 Å². The third kappa shape index (κ3) is 3.97. The van der Waals surface area contributed by atoms with Gasteiger partial charge in [-0.1, -0.05) is 24.3 Å². The summed E-state index contributed by atoms with van der Waals surface area (Å²) in [5, 5.41) is 2.72. The minimum Gasteiger partial charge on any atom is -0.454 e. The Morgan fingerprint density at radius 3 is 2.65 bits per heavy atom. The van der Waals surface area contributed by atoms with Crippen molar-refractivity contribution in [2.45, 2.75) is 31.3 Å². The molecule has 0 spiro atoms. The number of benzene rings is 2. The van der Waals surface area contributed by atoms with Gasteiger partial charge in [-0.15, -0.1) is 0 Å². The third-order valence-corrected chi connectivity index (χ3v) is 5.71. The number of aryl methyl sites for hydroxylation is 1. The summed E-state index contributed by atoms with van der Waals surface area (Å²) in [6.07, 6.45) is 0. The van der Waals surface area contributed by atoms with Crippen LogP contribution in [-0.2, 0) is 21.4 Å². The molecule has 1 aliphatic rings. The Balaban J connectivity index is 1.60. The summed E-state index contributed by atoms with van der Waals surface area (Å²) in [6.45, 7) is 3.65. The largest absolute Gasteiger partial charge is 0.454 e. The van der Waals surface area contributed by atoms with E-state index in [0.29, 0.717) is 17.1 Å². The third-order valence-electron chi connectivity index (χ3n) is 4.01. The quantitative estimate of drug-likeness (QED) is 0.800. The van der Waals surface area contributed by atoms with Gasteiger partial charge in [0.2, 0.25) is 22.7 Å². The predicted octanol–water partition coefficient (Wildman–Crippen LogP) is 1.71. The van der Waals surface area contributed by atoms with Gasteiger partial charge in [-0.2, -0.15) is 4.72 Å². The van der Waals surface area contributed by atoms with Gasteiger partial charge >= 0.3 is 0 Å². The second-order valence-corrected chi connectivity index (χ2v) is 7.70. The average molecular weight is 376 g/mol. The molecule has 0 fully saturated rings. The minimum absolute atomic E-state index is 0.162. The number of sulfonamides is 1. The molecule has 8 heteroatoms. The van der Waals surface area contributed by atoms with Crippen molar-refractivity contribution in [3.05, 3.63) is 53.6 Å². The summed E-state index contributed by atoms with van der Waals surface area (Å²) in [5.41, 5.74) is 1.45. The molecule has 1 aliphatic heterocycles. The highest BCUT2D eigenvalue weighted by Gasteiger charge is 2.23. The van der Waals surface area contributed by atoms with Gasteiger partial charge < -0.3 is 14.8 Å². The van der Waals surface area contributed by atoms with Crippen molar-refractivity contribution in [1.29, 1.82) is 0 Å². The molecule has 7 nitrogen and oxygen atoms in total. The van der Waals surface area contributed by atoms with Crippen LogP contribution in [0.5, 0.6) is 11.5 Å². The lowest BCUT2D eigenvalue weighted by molar-refractivity contribution is -0.122. The topological polar surface area (TPSA) is 93.7 Å². The SMILES string of the molecule is Cc1ccccc1S(=O)(=O)N[C@@H](C)C(=O)NCc1ccc2c(c1)OCO2. The zero-order valence-corrected chi connectivity index (χ0v) is 15.3. The van der Waals surface area contributed by atoms with Crippen molar-refractivity contribution in [2.24, 2.45) is 0 Å². The smallest absolute Gasteiger partial charge is 0.241 e. The molecule has 0 saturated carbocycles. The lowest BCUT2D eigenvalue weighted by Gasteiger charge is -2.15. The molecule has 1 heterocycles. The Kier molecular flexibility index (Phi) is 5.15. The number of hydrogen-bond acceptors (Lipinski definition) is 5. The van der Waals surface area contributed by atoms with Crippen LogP contribution < -0.4 is 19.5 Å². The Morgan fingerprint density at radius 2 is 1.88 bits per heavy atom. The second kappa shape index (κ2) is 7.35. The lowest BCUT2D eigenvalue weighted by atomic mass is 10.2. The van der Waals surface area contributed by atoms with Crippen molar-refractivity contribution in [3.63, 3.8) is 0 Å². The van der Waals surface area contributed by atoms with Crippen LogP contribution in [0.1, 0.15) is 18.1 Å². The van der Waals surface area contributed by atoms with Crippen molar-refractivity contribution in [2.75, 3.05) is 6.79 Å². The maximum Gasteiger partial charge on any atom is 0.241 e. The van der Waals surface area contributed by atoms with E-state index in [1.54, 1.807) is 37.3 Å². The van der Waals surface area contributed by atoms with Crippen LogP contribution in [0.3, 0.4) is 0 Å². The molecule has 2 N–H and O–H groups in total. The van der Waals surface area contributed by atoms with Crippen molar-refractivity contribution < 1.29 is 22.7 Å². The fraction of sp³-hybridized carbons (Fsp3) is 0.278. The Morgan fingerprint density at radius 1 is 1.15 bits per heavy atom. The molecular formula is C18H20N2O5S. The number of carbonyl (C=O) groups is 1. The van der Waals surface area contributed by atoms with Crippen LogP contribution in [0.15, 0.2) is 47.4 Å². The lowest BCUT2D eigenvalue weighted by Crippen LogP contribution is -2.44. The first-order chi connectivity index (χ1) is 12.4. The standard InChI is InChI=1S/C18H20N2O5S/c1-12-5-3-4-6-17(12)26(22,23)20-13(2)18(21)19-10-14-7-8-15-16(9-14)25-11-24-15/h3-9,13,20H,10-11H2,1-2H3,(H,19,21)/t13-/m0/s1. The highest BCUT2D eigenvalue weighted by molar-refractivity contribution is 7.89. The average Bonchev–Trinajstić information content (AvgIpc) is 3.07. The first-order valence-electron chi connectivity index (χ1n) is 8.11. The Labute approximate surface area is 152 Å². The van der Waals surface area contributed by atoms with Crippen LogP contribution in [-0.4, -0.2) is 27.2 Å². The summed E-state index contributed by atoms with van der Waals surface area (Å²) < 4.78 is 37.8. The van der Waals surface area contributed by atoms with E-state index in [4.69, 9.17) is 9.47 Å². The highest BCUT2D eigenvalue weighted by atomic mass is 32.2. The van der Waals surface area contributed by atoms with Gasteiger partial charge in [0.05, 0.1) is 10.9 Å². The minimum atomic E-state index is -3.77. The Hall–Kier alpha value is -2.58. The molecule has 1 atom stereocenters. The maximum absolute atomic E-state index is 12.4. The molecular weight excluding hydrogens is 356 g/mol. The molecule has 0 aromatic heterocycles. The van der Waals surface area contributed by atoms with Gasteiger partial charge in [0.1, 0.15) is 0 Å². The zero-order valence-electron chi connectivity index (χ0n) is 14.5. The van der Waals surface area contributed by atoms with Crippen molar-refractivity contribution >= 4 is 15.9 Å². The van der Waals surface area contributed by atoms with Gasteiger partial charge in [0.15, 0.2) is 11.5 Å². The molecule has 0 aliphatic carbocycles. The summed E-state index contributed by atoms with van der Waals surface area (Å²) in [6, 6.07) is 11.1. The maximum atomic E-state index is 12.4. The predicted molar refractivity (Wildman–Crippen MR) is 95.4 cm³/mol. The number of fused-ring (bicyclic) bond motifs is 1. The fourth-order valence-corrected chi connectivity index (χ4v) is 4.05. The first kappa shape index (κ1) is 18.2. The molecule has 3 rings (SSSR count). The van der Waals surface area contributed by atoms with Crippen LogP contribution in [0, 0.1) is 6.92 Å². The van der Waals surface area contributed by atoms with E-state index in [1.165, 1.54) is 13.0 Å². The van der Waals surface area contributed by atoms with Crippen LogP contribution in [0.4, 0.5) is 0 Å². The van der Waals surface area contributed by atoms with Crippen molar-refractivity contribution in [3.8, 4) is 11.5 Å². The summed E-state index contributed by atoms with van der Waals surface area (Å²) >= 11 is 0. The molecule has 0 radical (unpaired) electrons. The van der Waals surface area contributed by atoms with E-state index in [-0.39, 0.29) is 18.2 Å². The van der Waals surface area contributed by atoms with E-state index in [1.807, 2.05) is 6.07 Å². The molecule has 138 valence electrons. The second-order valence-electron chi connectivity index (χ2n) is 6.01. The van der Waals surface area contributed by atoms with Gasteiger partial charge in [-0.05, 0) is 43.2 Å². The molecule has 2 aromatic rings. The number of nitrogens with one attached hydrogen (secondary N) is 2. The normalized spacial score (nSPS) is 14.1. The highest BCUT2D eigenvalue weighted by Crippen LogP contribution is 2.32. The molecule has 26 heavy (non-hydrogen) atoms. The van der Waals surface area contributed by atoms with E-state index < -0.39 is 22.0 Å². The van der Waals surface area contributed by atoms with E-state index in [0.717, 1.165) is 5.56 Å². The van der Waals surface area contributed by atoms with Gasteiger partial charge in [-0.3, -0.25) is 4.79 Å². The van der Waals surface area contributed by atoms with Gasteiger partial charge in [0.25, 0.3) is 0 Å². The van der Waals surface area contributed by atoms with Crippen LogP contribution >= 0.6 is 0 Å². The van der Waals surface area contributed by atoms with E-state index in [9.17, 15) is 13.2 Å². The number of ether oxygens (including phenoxy) is 2. The number of rotatable bonds is 6. The first-order valence-corrected chi connectivity index (χ1v) is 9.59. The van der Waals surface area contributed by atoms with Gasteiger partial charge in [-0.25, -0.2) is 8.42 Å². The molecule has 0 bridgehead atoms. The van der Waals surface area contributed by atoms with Crippen LogP contribution in [0.25, 0.3) is 0 Å². The van der Waals surface area contributed by atoms with E-state index in [2.05, 4.69) is 10.0 Å². The number of hydrogen-bond donors (Lipinski definition) is 2. The molecule has 0 unspecified atom stereocenters. The van der Waals surface area contributed by atoms with Gasteiger partial charge in [0, 0.05) is 6.54 Å². The monoisotopic (exact) mass is 376 g/mol. The molecule has 1 amide bonds.